The predicted octanol–water partition coefficient (Wildman–Crippen LogP) is 10.3. The fourth-order valence-electron chi connectivity index (χ4n) is 8.27. The number of allylic oxidation sites excluding steroid dienone is 6. The number of amides is 2. The summed E-state index contributed by atoms with van der Waals surface area (Å²) in [6, 6.07) is 5.62. The van der Waals surface area contributed by atoms with Crippen molar-refractivity contribution in [2.24, 2.45) is 16.8 Å². The molecule has 7 rings (SSSR count). The van der Waals surface area contributed by atoms with Gasteiger partial charge >= 0.3 is 34.1 Å². The molecule has 4 fully saturated rings. The first-order valence-corrected chi connectivity index (χ1v) is 21.3. The summed E-state index contributed by atoms with van der Waals surface area (Å²) in [6.07, 6.45) is 31.8. The molecule has 57 heavy (non-hydrogen) atoms. The normalized spacial score (nSPS) is 23.0. The molecule has 0 spiro atoms. The third kappa shape index (κ3) is 13.0. The first-order valence-electron chi connectivity index (χ1n) is 21.3. The molecule has 2 atom stereocenters. The second-order valence-electron chi connectivity index (χ2n) is 15.3. The van der Waals surface area contributed by atoms with E-state index in [1.807, 2.05) is 30.7 Å². The second kappa shape index (κ2) is 24.9. The summed E-state index contributed by atoms with van der Waals surface area (Å²) >= 11 is 0. The average molecular weight is 861 g/mol. The van der Waals surface area contributed by atoms with Crippen LogP contribution in [0.25, 0.3) is 5.57 Å². The Kier molecular flexibility index (Phi) is 21.2. The molecule has 2 unspecified atom stereocenters. The average Bonchev–Trinajstić information content (AvgIpc) is 4.05. The van der Waals surface area contributed by atoms with Crippen molar-refractivity contribution in [1.82, 2.24) is 4.90 Å². The number of rotatable bonds is 11. The Bertz CT molecular complexity index is 1630. The van der Waals surface area contributed by atoms with Crippen LogP contribution in [0.1, 0.15) is 130 Å². The number of nitrogens with zero attached hydrogens (tertiary/aromatic N) is 3. The molecule has 2 amide bonds. The van der Waals surface area contributed by atoms with E-state index in [9.17, 15) is 19.5 Å². The van der Waals surface area contributed by atoms with E-state index in [1.165, 1.54) is 51.4 Å². The number of ketones is 1. The molecular weight excluding hydrogens is 796 g/mol. The monoisotopic (exact) mass is 860 g/mol. The maximum absolute atomic E-state index is 13.9. The van der Waals surface area contributed by atoms with Gasteiger partial charge in [-0.25, -0.2) is 4.99 Å². The molecule has 6 aliphatic carbocycles. The Balaban J connectivity index is 0.000000631. The van der Waals surface area contributed by atoms with E-state index in [1.54, 1.807) is 12.1 Å². The SMILES string of the molecule is CCN(CC)C1=CC(=NC(=O)C2[CH-]CCC2)/C(=C2/C(=O)C(c3ccc(N(CC)CC)cc3NC(=O)CC3C[CH-]CC3)=C2O)C=C1.[CH-]1CCCC1.[CH-]1CCCC1.[Fe+2].[Fe+2]. The molecule has 0 aromatic heterocycles. The summed E-state index contributed by atoms with van der Waals surface area (Å²) in [5.41, 5.74) is 3.95. The van der Waals surface area contributed by atoms with Crippen LogP contribution in [0.2, 0.25) is 0 Å². The molecule has 10 heteroatoms. The summed E-state index contributed by atoms with van der Waals surface area (Å²) in [5, 5.41) is 14.6. The third-order valence-corrected chi connectivity index (χ3v) is 11.6. The van der Waals surface area contributed by atoms with Gasteiger partial charge in [0, 0.05) is 55.1 Å². The minimum Gasteiger partial charge on any atom is -0.506 e. The standard InChI is InChI=1S/C37H46N4O4.2C5H9.2Fe/c1-5-40(6-2)26-17-19-28(30(22-26)38-32(42)21-24-13-9-10-14-24)33-35(43)34(36(33)44)29-20-18-27(41(7-3)8-4)23-31(29)39-37(45)25-15-11-12-16-25;2*1-2-4-5-3-1;;/h9,15,17-20,22-25,43H,5-8,10-14,16,21H2,1-4H3,(H,38,42);2*1H,2-5H2;;/q-2;2*-1;2*+2/b34-29+,39-31?;;;;. The van der Waals surface area contributed by atoms with E-state index < -0.39 is 0 Å². The smallest absolute Gasteiger partial charge is 0.506 e. The molecule has 0 saturated heterocycles. The zero-order valence-corrected chi connectivity index (χ0v) is 36.8. The van der Waals surface area contributed by atoms with Gasteiger partial charge in [0.1, 0.15) is 5.76 Å². The minimum atomic E-state index is -0.337. The molecule has 2 N–H and O–H groups in total. The minimum absolute atomic E-state index is 0. The fraction of sp³-hybridized carbons (Fsp3) is 0.532. The first-order chi connectivity index (χ1) is 26.8. The number of carbonyl (C=O) groups excluding carboxylic acids is 3. The van der Waals surface area contributed by atoms with Crippen LogP contribution in [0.4, 0.5) is 11.4 Å². The summed E-state index contributed by atoms with van der Waals surface area (Å²) in [4.78, 5) is 49.1. The van der Waals surface area contributed by atoms with Crippen LogP contribution < -0.4 is 10.2 Å². The molecule has 1 aromatic rings. The van der Waals surface area contributed by atoms with Crippen molar-refractivity contribution >= 4 is 40.3 Å². The van der Waals surface area contributed by atoms with Crippen molar-refractivity contribution in [3.05, 3.63) is 90.3 Å². The molecule has 1 aromatic carbocycles. The van der Waals surface area contributed by atoms with Crippen LogP contribution in [0.5, 0.6) is 0 Å². The van der Waals surface area contributed by atoms with Crippen molar-refractivity contribution in [1.29, 1.82) is 0 Å². The zero-order valence-electron chi connectivity index (χ0n) is 34.6. The van der Waals surface area contributed by atoms with Gasteiger partial charge in [0.25, 0.3) is 0 Å². The first kappa shape index (κ1) is 48.5. The number of Topliss-reactive ketones (excluding diaryl/α,β-unsaturated/α-hetero) is 1. The van der Waals surface area contributed by atoms with E-state index in [4.69, 9.17) is 0 Å². The number of nitrogens with one attached hydrogen (secondary N) is 1. The van der Waals surface area contributed by atoms with Gasteiger partial charge < -0.3 is 45.9 Å². The van der Waals surface area contributed by atoms with Crippen LogP contribution in [-0.2, 0) is 48.5 Å². The molecular formula is C47H64Fe2N4O4. The van der Waals surface area contributed by atoms with Gasteiger partial charge in [0.15, 0.2) is 0 Å². The molecule has 6 aliphatic rings. The summed E-state index contributed by atoms with van der Waals surface area (Å²) in [6.45, 7) is 11.4. The maximum atomic E-state index is 13.9. The number of likely N-dealkylation sites (N-methyl/N-ethyl adjacent to an activating group) is 1. The van der Waals surface area contributed by atoms with E-state index in [0.717, 1.165) is 76.1 Å². The van der Waals surface area contributed by atoms with Gasteiger partial charge in [-0.15, -0.1) is 0 Å². The van der Waals surface area contributed by atoms with Crippen molar-refractivity contribution in [2.45, 2.75) is 124 Å². The van der Waals surface area contributed by atoms with E-state index in [0.29, 0.717) is 34.9 Å². The van der Waals surface area contributed by atoms with Crippen molar-refractivity contribution in [3.63, 3.8) is 0 Å². The molecule has 0 aliphatic heterocycles. The second-order valence-corrected chi connectivity index (χ2v) is 15.3. The van der Waals surface area contributed by atoms with E-state index in [2.05, 4.69) is 67.1 Å². The molecule has 0 bridgehead atoms. The maximum Gasteiger partial charge on any atom is 2.00 e. The number of anilines is 2. The Labute approximate surface area is 364 Å². The van der Waals surface area contributed by atoms with Gasteiger partial charge in [-0.2, -0.15) is 44.9 Å². The molecule has 312 valence electrons. The zero-order chi connectivity index (χ0) is 39.2. The molecule has 8 nitrogen and oxygen atoms in total. The van der Waals surface area contributed by atoms with Crippen LogP contribution >= 0.6 is 0 Å². The van der Waals surface area contributed by atoms with Crippen LogP contribution in [0.3, 0.4) is 0 Å². The van der Waals surface area contributed by atoms with Gasteiger partial charge in [0.05, 0.1) is 22.5 Å². The number of aliphatic imine (C=N–C) groups is 1. The van der Waals surface area contributed by atoms with Crippen molar-refractivity contribution in [2.75, 3.05) is 36.4 Å². The summed E-state index contributed by atoms with van der Waals surface area (Å²) in [7, 11) is 0. The van der Waals surface area contributed by atoms with E-state index in [-0.39, 0.29) is 74.6 Å². The molecule has 0 radical (unpaired) electrons. The fourth-order valence-corrected chi connectivity index (χ4v) is 8.27. The quantitative estimate of drug-likeness (QED) is 0.131. The van der Waals surface area contributed by atoms with E-state index >= 15 is 0 Å². The number of aliphatic hydroxyl groups is 1. The predicted molar refractivity (Wildman–Crippen MR) is 226 cm³/mol. The molecule has 0 heterocycles. The number of carbonyl (C=O) groups is 3. The van der Waals surface area contributed by atoms with Gasteiger partial charge in [-0.3, -0.25) is 14.4 Å². The van der Waals surface area contributed by atoms with Gasteiger partial charge in [0.2, 0.25) is 17.6 Å². The van der Waals surface area contributed by atoms with Gasteiger partial charge in [-0.05, 0) is 64.1 Å². The Morgan fingerprint density at radius 1 is 0.807 bits per heavy atom. The van der Waals surface area contributed by atoms with Gasteiger partial charge in [-0.1, -0.05) is 56.8 Å². The van der Waals surface area contributed by atoms with Crippen molar-refractivity contribution in [3.8, 4) is 0 Å². The topological polar surface area (TPSA) is 102 Å². The van der Waals surface area contributed by atoms with Crippen molar-refractivity contribution < 1.29 is 53.6 Å². The number of aliphatic hydroxyl groups excluding tert-OH is 1. The number of benzene rings is 1. The number of hydrogen-bond acceptors (Lipinski definition) is 6. The summed E-state index contributed by atoms with van der Waals surface area (Å²) < 4.78 is 0. The third-order valence-electron chi connectivity index (χ3n) is 11.6. The van der Waals surface area contributed by atoms with Crippen LogP contribution in [-0.4, -0.2) is 59.5 Å². The van der Waals surface area contributed by atoms with Crippen LogP contribution in [0.15, 0.2) is 64.0 Å². The van der Waals surface area contributed by atoms with Crippen LogP contribution in [0, 0.1) is 37.5 Å². The number of hydrogen-bond donors (Lipinski definition) is 2. The Hall–Kier alpha value is -2.90. The Morgan fingerprint density at radius 3 is 1.96 bits per heavy atom. The largest absolute Gasteiger partial charge is 2.00 e. The summed E-state index contributed by atoms with van der Waals surface area (Å²) in [5.74, 6) is -0.713. The molecule has 4 saturated carbocycles. The Morgan fingerprint density at radius 2 is 1.46 bits per heavy atom.